The summed E-state index contributed by atoms with van der Waals surface area (Å²) in [6.45, 7) is 0. The Morgan fingerprint density at radius 2 is 1.77 bits per heavy atom. The van der Waals surface area contributed by atoms with E-state index in [1.54, 1.807) is 38.4 Å². The van der Waals surface area contributed by atoms with Crippen LogP contribution in [0.2, 0.25) is 0 Å². The summed E-state index contributed by atoms with van der Waals surface area (Å²) >= 11 is 0. The molecule has 0 bridgehead atoms. The van der Waals surface area contributed by atoms with Crippen LogP contribution < -0.4 is 0 Å². The van der Waals surface area contributed by atoms with Crippen molar-refractivity contribution < 1.29 is 10.0 Å². The van der Waals surface area contributed by atoms with Crippen LogP contribution in [0.1, 0.15) is 10.4 Å². The van der Waals surface area contributed by atoms with E-state index in [0.717, 1.165) is 0 Å². The van der Waals surface area contributed by atoms with Crippen molar-refractivity contribution >= 4 is 5.91 Å². The molecule has 0 radical (unpaired) electrons. The van der Waals surface area contributed by atoms with Gasteiger partial charge >= 0.3 is 0 Å². The second-order valence-corrected chi connectivity index (χ2v) is 2.81. The molecule has 0 aliphatic heterocycles. The number of carbonyl (C=O) groups is 1. The highest BCUT2D eigenvalue weighted by molar-refractivity contribution is 5.92. The summed E-state index contributed by atoms with van der Waals surface area (Å²) in [5.41, 5.74) is 0.457. The zero-order chi connectivity index (χ0) is 9.84. The minimum Gasteiger partial charge on any atom is -0.270 e. The molecule has 0 aromatic heterocycles. The van der Waals surface area contributed by atoms with E-state index in [4.69, 9.17) is 0 Å². The summed E-state index contributed by atoms with van der Waals surface area (Å²) < 4.78 is 0. The number of rotatable bonds is 2. The van der Waals surface area contributed by atoms with Gasteiger partial charge in [-0.15, -0.1) is 5.17 Å². The summed E-state index contributed by atoms with van der Waals surface area (Å²) in [5.74, 6) is -0.439. The molecule has 13 heavy (non-hydrogen) atoms. The molecular formula is C9H12N2O2. The lowest BCUT2D eigenvalue weighted by molar-refractivity contribution is -0.179. The minimum absolute atomic E-state index is 0.439. The molecule has 1 rings (SSSR count). The Hall–Kier alpha value is -1.39. The van der Waals surface area contributed by atoms with Gasteiger partial charge in [0.05, 0.1) is 0 Å². The van der Waals surface area contributed by atoms with Gasteiger partial charge in [0.2, 0.25) is 0 Å². The number of hydroxylamine groups is 1. The van der Waals surface area contributed by atoms with Crippen LogP contribution >= 0.6 is 0 Å². The van der Waals surface area contributed by atoms with Crippen molar-refractivity contribution in [3.63, 3.8) is 0 Å². The molecule has 0 heterocycles. The SMILES string of the molecule is CN(C)N(O)C(=O)c1ccccc1. The Bertz CT molecular complexity index is 285. The zero-order valence-electron chi connectivity index (χ0n) is 7.64. The van der Waals surface area contributed by atoms with Crippen LogP contribution in [0.15, 0.2) is 30.3 Å². The molecule has 1 aromatic rings. The lowest BCUT2D eigenvalue weighted by atomic mass is 10.2. The molecule has 0 spiro atoms. The first-order valence-electron chi connectivity index (χ1n) is 3.88. The molecule has 0 aliphatic rings. The second kappa shape index (κ2) is 4.02. The molecule has 0 saturated heterocycles. The fourth-order valence-corrected chi connectivity index (χ4v) is 0.878. The monoisotopic (exact) mass is 180 g/mol. The van der Waals surface area contributed by atoms with Gasteiger partial charge in [0.1, 0.15) is 0 Å². The first kappa shape index (κ1) is 9.70. The van der Waals surface area contributed by atoms with Gasteiger partial charge in [0.15, 0.2) is 0 Å². The van der Waals surface area contributed by atoms with Crippen molar-refractivity contribution in [3.8, 4) is 0 Å². The van der Waals surface area contributed by atoms with Gasteiger partial charge in [-0.25, -0.2) is 0 Å². The number of nitrogens with zero attached hydrogens (tertiary/aromatic N) is 2. The maximum Gasteiger partial charge on any atom is 0.292 e. The summed E-state index contributed by atoms with van der Waals surface area (Å²) in [7, 11) is 3.17. The van der Waals surface area contributed by atoms with Crippen molar-refractivity contribution in [1.29, 1.82) is 0 Å². The molecule has 0 saturated carbocycles. The average molecular weight is 180 g/mol. The number of hydrogen-bond acceptors (Lipinski definition) is 3. The summed E-state index contributed by atoms with van der Waals surface area (Å²) in [5, 5.41) is 11.1. The van der Waals surface area contributed by atoms with E-state index in [1.165, 1.54) is 5.01 Å². The average Bonchev–Trinajstić information content (AvgIpc) is 2.17. The Kier molecular flexibility index (Phi) is 3.00. The normalized spacial score (nSPS) is 10.2. The van der Waals surface area contributed by atoms with Gasteiger partial charge in [-0.3, -0.25) is 10.0 Å². The van der Waals surface area contributed by atoms with Crippen molar-refractivity contribution in [3.05, 3.63) is 35.9 Å². The molecule has 4 heteroatoms. The van der Waals surface area contributed by atoms with E-state index >= 15 is 0 Å². The van der Waals surface area contributed by atoms with E-state index in [0.29, 0.717) is 10.7 Å². The van der Waals surface area contributed by atoms with E-state index in [1.807, 2.05) is 6.07 Å². The Morgan fingerprint density at radius 3 is 2.23 bits per heavy atom. The molecule has 4 nitrogen and oxygen atoms in total. The van der Waals surface area contributed by atoms with Gasteiger partial charge in [-0.2, -0.15) is 5.01 Å². The minimum atomic E-state index is -0.439. The molecule has 0 atom stereocenters. The van der Waals surface area contributed by atoms with Crippen molar-refractivity contribution in [1.82, 2.24) is 10.2 Å². The predicted molar refractivity (Wildman–Crippen MR) is 48.1 cm³/mol. The number of amides is 1. The standard InChI is InChI=1S/C9H12N2O2/c1-10(2)11(13)9(12)8-6-4-3-5-7-8/h3-7,13H,1-2H3. The molecule has 1 aromatic carbocycles. The van der Waals surface area contributed by atoms with E-state index < -0.39 is 5.91 Å². The topological polar surface area (TPSA) is 43.8 Å². The third-order valence-electron chi connectivity index (χ3n) is 1.58. The van der Waals surface area contributed by atoms with Crippen LogP contribution in [0.5, 0.6) is 0 Å². The highest BCUT2D eigenvalue weighted by Gasteiger charge is 2.14. The largest absolute Gasteiger partial charge is 0.292 e. The Morgan fingerprint density at radius 1 is 1.23 bits per heavy atom. The van der Waals surface area contributed by atoms with Crippen LogP contribution in [-0.2, 0) is 0 Å². The quantitative estimate of drug-likeness (QED) is 0.545. The third-order valence-corrected chi connectivity index (χ3v) is 1.58. The fraction of sp³-hybridized carbons (Fsp3) is 0.222. The van der Waals surface area contributed by atoms with Gasteiger partial charge in [-0.05, 0) is 12.1 Å². The van der Waals surface area contributed by atoms with Crippen molar-refractivity contribution in [2.45, 2.75) is 0 Å². The number of carbonyl (C=O) groups excluding carboxylic acids is 1. The maximum absolute atomic E-state index is 11.4. The van der Waals surface area contributed by atoms with E-state index in [-0.39, 0.29) is 0 Å². The van der Waals surface area contributed by atoms with Crippen LogP contribution in [-0.4, -0.2) is 35.4 Å². The molecule has 1 amide bonds. The van der Waals surface area contributed by atoms with Crippen molar-refractivity contribution in [2.24, 2.45) is 0 Å². The number of benzene rings is 1. The lowest BCUT2D eigenvalue weighted by Crippen LogP contribution is -2.38. The predicted octanol–water partition coefficient (Wildman–Crippen LogP) is 0.995. The Labute approximate surface area is 76.9 Å². The first-order valence-corrected chi connectivity index (χ1v) is 3.88. The zero-order valence-corrected chi connectivity index (χ0v) is 7.64. The smallest absolute Gasteiger partial charge is 0.270 e. The van der Waals surface area contributed by atoms with E-state index in [9.17, 15) is 10.0 Å². The van der Waals surface area contributed by atoms with Gasteiger partial charge < -0.3 is 0 Å². The molecule has 0 unspecified atom stereocenters. The molecule has 0 fully saturated rings. The first-order chi connectivity index (χ1) is 6.13. The van der Waals surface area contributed by atoms with Gasteiger partial charge in [0, 0.05) is 19.7 Å². The second-order valence-electron chi connectivity index (χ2n) is 2.81. The van der Waals surface area contributed by atoms with Crippen LogP contribution in [0.3, 0.4) is 0 Å². The lowest BCUT2D eigenvalue weighted by Gasteiger charge is -2.21. The van der Waals surface area contributed by atoms with Crippen molar-refractivity contribution in [2.75, 3.05) is 14.1 Å². The van der Waals surface area contributed by atoms with Gasteiger partial charge in [0.25, 0.3) is 5.91 Å². The molecule has 0 aliphatic carbocycles. The molecule has 1 N–H and O–H groups in total. The van der Waals surface area contributed by atoms with Gasteiger partial charge in [-0.1, -0.05) is 18.2 Å². The summed E-state index contributed by atoms with van der Waals surface area (Å²) in [6.07, 6.45) is 0. The fourth-order valence-electron chi connectivity index (χ4n) is 0.878. The van der Waals surface area contributed by atoms with Crippen LogP contribution in [0, 0.1) is 0 Å². The van der Waals surface area contributed by atoms with E-state index in [2.05, 4.69) is 0 Å². The number of hydrazine groups is 1. The highest BCUT2D eigenvalue weighted by Crippen LogP contribution is 2.02. The molecule has 70 valence electrons. The summed E-state index contributed by atoms with van der Waals surface area (Å²) in [4.78, 5) is 11.4. The maximum atomic E-state index is 11.4. The van der Waals surface area contributed by atoms with Crippen LogP contribution in [0.4, 0.5) is 0 Å². The highest BCUT2D eigenvalue weighted by atomic mass is 16.6. The number of hydrogen-bond donors (Lipinski definition) is 1. The summed E-state index contributed by atoms with van der Waals surface area (Å²) in [6, 6.07) is 8.60. The van der Waals surface area contributed by atoms with Crippen LogP contribution in [0.25, 0.3) is 0 Å². The molecular weight excluding hydrogens is 168 g/mol. The third kappa shape index (κ3) is 2.27. The Balaban J connectivity index is 2.80.